The van der Waals surface area contributed by atoms with E-state index in [9.17, 15) is 9.59 Å². The van der Waals surface area contributed by atoms with E-state index in [0.717, 1.165) is 25.9 Å². The van der Waals surface area contributed by atoms with E-state index in [4.69, 9.17) is 0 Å². The SMILES string of the molecule is Cc1ccc2nc(NC(=O)C(C)Sc3ccc(NC(=O)c4ccc5ccccc5c4)cc3)sc2c1. The third-order valence-electron chi connectivity index (χ3n) is 5.58. The minimum absolute atomic E-state index is 0.0977. The predicted octanol–water partition coefficient (Wildman–Crippen LogP) is 7.13. The second kappa shape index (κ2) is 9.90. The highest BCUT2D eigenvalue weighted by Crippen LogP contribution is 2.29. The number of carbonyl (C=O) groups is 2. The van der Waals surface area contributed by atoms with Crippen LogP contribution in [-0.2, 0) is 4.79 Å². The van der Waals surface area contributed by atoms with Crippen LogP contribution in [0.1, 0.15) is 22.8 Å². The summed E-state index contributed by atoms with van der Waals surface area (Å²) in [5.41, 5.74) is 3.37. The van der Waals surface area contributed by atoms with Crippen molar-refractivity contribution in [2.75, 3.05) is 10.6 Å². The summed E-state index contributed by atoms with van der Waals surface area (Å²) in [6, 6.07) is 27.2. The van der Waals surface area contributed by atoms with Gasteiger partial charge < -0.3 is 10.6 Å². The number of hydrogen-bond acceptors (Lipinski definition) is 5. The number of nitrogens with one attached hydrogen (secondary N) is 2. The van der Waals surface area contributed by atoms with Gasteiger partial charge in [-0.3, -0.25) is 9.59 Å². The Labute approximate surface area is 211 Å². The molecular weight excluding hydrogens is 474 g/mol. The number of benzene rings is 4. The largest absolute Gasteiger partial charge is 0.322 e. The number of rotatable bonds is 6. The van der Waals surface area contributed by atoms with Gasteiger partial charge in [0.2, 0.25) is 5.91 Å². The number of hydrogen-bond donors (Lipinski definition) is 2. The van der Waals surface area contributed by atoms with Gasteiger partial charge in [0.1, 0.15) is 0 Å². The second-order valence-electron chi connectivity index (χ2n) is 8.28. The Morgan fingerprint density at radius 2 is 1.66 bits per heavy atom. The molecule has 1 atom stereocenters. The Bertz CT molecular complexity index is 1540. The molecule has 0 radical (unpaired) electrons. The number of thioether (sulfide) groups is 1. The second-order valence-corrected chi connectivity index (χ2v) is 10.7. The van der Waals surface area contributed by atoms with Gasteiger partial charge in [0.05, 0.1) is 15.5 Å². The Kier molecular flexibility index (Phi) is 6.53. The molecule has 0 spiro atoms. The van der Waals surface area contributed by atoms with E-state index in [1.165, 1.54) is 28.7 Å². The zero-order valence-electron chi connectivity index (χ0n) is 19.2. The normalized spacial score (nSPS) is 11.9. The van der Waals surface area contributed by atoms with Gasteiger partial charge in [-0.2, -0.15) is 0 Å². The van der Waals surface area contributed by atoms with Crippen LogP contribution in [0.4, 0.5) is 10.8 Å². The first kappa shape index (κ1) is 23.1. The molecule has 0 saturated carbocycles. The summed E-state index contributed by atoms with van der Waals surface area (Å²) in [7, 11) is 0. The monoisotopic (exact) mass is 497 g/mol. The molecule has 4 aromatic carbocycles. The molecule has 5 nitrogen and oxygen atoms in total. The van der Waals surface area contributed by atoms with Gasteiger partial charge in [0.25, 0.3) is 5.91 Å². The molecule has 0 aliphatic rings. The number of amides is 2. The fourth-order valence-corrected chi connectivity index (χ4v) is 5.54. The van der Waals surface area contributed by atoms with Crippen LogP contribution >= 0.6 is 23.1 Å². The molecule has 2 amide bonds. The Hall–Kier alpha value is -3.68. The number of aryl methyl sites for hydroxylation is 1. The van der Waals surface area contributed by atoms with E-state index in [1.807, 2.05) is 92.7 Å². The highest BCUT2D eigenvalue weighted by Gasteiger charge is 2.17. The molecule has 0 aliphatic heterocycles. The Balaban J connectivity index is 1.19. The minimum Gasteiger partial charge on any atom is -0.322 e. The molecule has 35 heavy (non-hydrogen) atoms. The van der Waals surface area contributed by atoms with Crippen molar-refractivity contribution in [1.29, 1.82) is 0 Å². The molecule has 1 heterocycles. The molecule has 1 unspecified atom stereocenters. The molecule has 5 rings (SSSR count). The van der Waals surface area contributed by atoms with Crippen LogP contribution in [0.3, 0.4) is 0 Å². The average Bonchev–Trinajstić information content (AvgIpc) is 3.26. The minimum atomic E-state index is -0.304. The molecule has 7 heteroatoms. The molecule has 174 valence electrons. The maximum atomic E-state index is 12.7. The van der Waals surface area contributed by atoms with Gasteiger partial charge in [-0.15, -0.1) is 11.8 Å². The molecule has 0 saturated heterocycles. The molecule has 5 aromatic rings. The summed E-state index contributed by atoms with van der Waals surface area (Å²) < 4.78 is 1.06. The van der Waals surface area contributed by atoms with Crippen molar-refractivity contribution in [3.63, 3.8) is 0 Å². The number of anilines is 2. The van der Waals surface area contributed by atoms with Gasteiger partial charge in [-0.05, 0) is 78.7 Å². The number of thiazole rings is 1. The highest BCUT2D eigenvalue weighted by atomic mass is 32.2. The summed E-state index contributed by atoms with van der Waals surface area (Å²) in [4.78, 5) is 30.8. The number of fused-ring (bicyclic) bond motifs is 2. The topological polar surface area (TPSA) is 71.1 Å². The van der Waals surface area contributed by atoms with Crippen LogP contribution in [0.5, 0.6) is 0 Å². The van der Waals surface area contributed by atoms with Crippen molar-refractivity contribution < 1.29 is 9.59 Å². The van der Waals surface area contributed by atoms with Crippen molar-refractivity contribution in [2.24, 2.45) is 0 Å². The number of aromatic nitrogens is 1. The van der Waals surface area contributed by atoms with Crippen LogP contribution in [0.25, 0.3) is 21.0 Å². The molecule has 0 bridgehead atoms. The van der Waals surface area contributed by atoms with Crippen molar-refractivity contribution >= 4 is 66.7 Å². The summed E-state index contributed by atoms with van der Waals surface area (Å²) in [6.07, 6.45) is 0. The van der Waals surface area contributed by atoms with Gasteiger partial charge in [0, 0.05) is 16.1 Å². The Morgan fingerprint density at radius 1 is 0.886 bits per heavy atom. The summed E-state index contributed by atoms with van der Waals surface area (Å²) in [5.74, 6) is -0.255. The van der Waals surface area contributed by atoms with Crippen LogP contribution in [0.2, 0.25) is 0 Å². The first-order valence-electron chi connectivity index (χ1n) is 11.2. The van der Waals surface area contributed by atoms with E-state index >= 15 is 0 Å². The molecule has 1 aromatic heterocycles. The lowest BCUT2D eigenvalue weighted by molar-refractivity contribution is -0.115. The number of carbonyl (C=O) groups excluding carboxylic acids is 2. The lowest BCUT2D eigenvalue weighted by Gasteiger charge is -2.11. The van der Waals surface area contributed by atoms with Gasteiger partial charge in [-0.1, -0.05) is 47.7 Å². The standard InChI is InChI=1S/C28H23N3O2S2/c1-17-7-14-24-25(15-17)35-28(30-24)31-26(32)18(2)34-23-12-10-22(11-13-23)29-27(33)21-9-8-19-5-3-4-6-20(19)16-21/h3-16,18H,1-2H3,(H,29,33)(H,30,31,32). The van der Waals surface area contributed by atoms with Gasteiger partial charge >= 0.3 is 0 Å². The van der Waals surface area contributed by atoms with E-state index in [-0.39, 0.29) is 17.1 Å². The van der Waals surface area contributed by atoms with Crippen LogP contribution < -0.4 is 10.6 Å². The summed E-state index contributed by atoms with van der Waals surface area (Å²) >= 11 is 2.93. The zero-order chi connectivity index (χ0) is 24.4. The van der Waals surface area contributed by atoms with Crippen molar-refractivity contribution in [3.05, 3.63) is 96.1 Å². The quantitative estimate of drug-likeness (QED) is 0.245. The highest BCUT2D eigenvalue weighted by molar-refractivity contribution is 8.00. The number of nitrogens with zero attached hydrogens (tertiary/aromatic N) is 1. The summed E-state index contributed by atoms with van der Waals surface area (Å²) in [5, 5.41) is 8.30. The lowest BCUT2D eigenvalue weighted by atomic mass is 10.1. The zero-order valence-corrected chi connectivity index (χ0v) is 20.9. The first-order chi connectivity index (χ1) is 16.9. The van der Waals surface area contributed by atoms with Crippen LogP contribution in [-0.4, -0.2) is 22.0 Å². The maximum absolute atomic E-state index is 12.7. The van der Waals surface area contributed by atoms with Crippen molar-refractivity contribution in [1.82, 2.24) is 4.98 Å². The Morgan fingerprint density at radius 3 is 2.46 bits per heavy atom. The molecular formula is C28H23N3O2S2. The van der Waals surface area contributed by atoms with Crippen LogP contribution in [0, 0.1) is 6.92 Å². The fraction of sp³-hybridized carbons (Fsp3) is 0.107. The molecule has 2 N–H and O–H groups in total. The lowest BCUT2D eigenvalue weighted by Crippen LogP contribution is -2.22. The average molecular weight is 498 g/mol. The van der Waals surface area contributed by atoms with Crippen molar-refractivity contribution in [3.8, 4) is 0 Å². The third-order valence-corrected chi connectivity index (χ3v) is 7.63. The molecule has 0 aliphatic carbocycles. The smallest absolute Gasteiger partial charge is 0.255 e. The first-order valence-corrected chi connectivity index (χ1v) is 12.9. The predicted molar refractivity (Wildman–Crippen MR) is 147 cm³/mol. The van der Waals surface area contributed by atoms with E-state index < -0.39 is 0 Å². The van der Waals surface area contributed by atoms with Crippen molar-refractivity contribution in [2.45, 2.75) is 24.0 Å². The van der Waals surface area contributed by atoms with Gasteiger partial charge in [0.15, 0.2) is 5.13 Å². The van der Waals surface area contributed by atoms with E-state index in [2.05, 4.69) is 21.7 Å². The third kappa shape index (κ3) is 5.37. The fourth-order valence-electron chi connectivity index (χ4n) is 3.70. The summed E-state index contributed by atoms with van der Waals surface area (Å²) in [6.45, 7) is 3.91. The van der Waals surface area contributed by atoms with E-state index in [0.29, 0.717) is 16.4 Å². The van der Waals surface area contributed by atoms with Gasteiger partial charge in [-0.25, -0.2) is 4.98 Å². The van der Waals surface area contributed by atoms with Crippen LogP contribution in [0.15, 0.2) is 89.8 Å². The maximum Gasteiger partial charge on any atom is 0.255 e. The molecule has 0 fully saturated rings. The van der Waals surface area contributed by atoms with E-state index in [1.54, 1.807) is 0 Å².